The van der Waals surface area contributed by atoms with Gasteiger partial charge in [0.25, 0.3) is 0 Å². The molecular weight excluding hydrogens is 148 g/mol. The van der Waals surface area contributed by atoms with Crippen LogP contribution >= 0.6 is 0 Å². The van der Waals surface area contributed by atoms with E-state index in [0.29, 0.717) is 11.7 Å². The van der Waals surface area contributed by atoms with Crippen LogP contribution in [0.2, 0.25) is 0 Å². The number of hydrogen-bond acceptors (Lipinski definition) is 1. The molecule has 0 amide bonds. The van der Waals surface area contributed by atoms with Gasteiger partial charge < -0.3 is 0 Å². The highest BCUT2D eigenvalue weighted by atomic mass is 16.1. The van der Waals surface area contributed by atoms with Crippen molar-refractivity contribution in [3.05, 3.63) is 11.6 Å². The van der Waals surface area contributed by atoms with Crippen molar-refractivity contribution in [2.24, 2.45) is 11.8 Å². The average Bonchev–Trinajstić information content (AvgIpc) is 2.44. The van der Waals surface area contributed by atoms with E-state index in [1.807, 2.05) is 6.08 Å². The second kappa shape index (κ2) is 3.04. The Kier molecular flexibility index (Phi) is 2.03. The summed E-state index contributed by atoms with van der Waals surface area (Å²) in [5, 5.41) is 0. The van der Waals surface area contributed by atoms with E-state index in [2.05, 4.69) is 6.92 Å². The van der Waals surface area contributed by atoms with E-state index in [4.69, 9.17) is 0 Å². The molecule has 0 radical (unpaired) electrons. The zero-order valence-electron chi connectivity index (χ0n) is 7.68. The van der Waals surface area contributed by atoms with Crippen molar-refractivity contribution in [2.45, 2.75) is 39.0 Å². The van der Waals surface area contributed by atoms with E-state index in [-0.39, 0.29) is 0 Å². The Bertz CT molecular complexity index is 227. The summed E-state index contributed by atoms with van der Waals surface area (Å²) >= 11 is 0. The maximum atomic E-state index is 11.2. The molecule has 1 nitrogen and oxygen atoms in total. The highest BCUT2D eigenvalue weighted by molar-refractivity contribution is 5.93. The van der Waals surface area contributed by atoms with E-state index < -0.39 is 0 Å². The number of carbonyl (C=O) groups excluding carboxylic acids is 1. The van der Waals surface area contributed by atoms with E-state index in [1.165, 1.54) is 31.3 Å². The summed E-state index contributed by atoms with van der Waals surface area (Å²) in [6.45, 7) is 2.25. The number of ketones is 1. The van der Waals surface area contributed by atoms with Gasteiger partial charge in [-0.2, -0.15) is 0 Å². The van der Waals surface area contributed by atoms with Gasteiger partial charge in [0.05, 0.1) is 0 Å². The van der Waals surface area contributed by atoms with Crippen LogP contribution < -0.4 is 0 Å². The molecule has 0 aliphatic heterocycles. The normalized spacial score (nSPS) is 34.8. The van der Waals surface area contributed by atoms with Crippen LogP contribution in [-0.2, 0) is 4.79 Å². The third-order valence-electron chi connectivity index (χ3n) is 3.38. The summed E-state index contributed by atoms with van der Waals surface area (Å²) in [5.41, 5.74) is 1.46. The molecule has 0 aromatic rings. The van der Waals surface area contributed by atoms with Gasteiger partial charge >= 0.3 is 0 Å². The Balaban J connectivity index is 2.16. The van der Waals surface area contributed by atoms with Crippen molar-refractivity contribution < 1.29 is 4.79 Å². The minimum atomic E-state index is 0.371. The summed E-state index contributed by atoms with van der Waals surface area (Å²) in [5.74, 6) is 1.81. The SMILES string of the molecule is CC[C@H]1CCCC2=CC(=O)C[C@@H]21. The largest absolute Gasteiger partial charge is 0.295 e. The van der Waals surface area contributed by atoms with Crippen LogP contribution in [0, 0.1) is 11.8 Å². The number of allylic oxidation sites excluding steroid dienone is 2. The van der Waals surface area contributed by atoms with Crippen LogP contribution in [-0.4, -0.2) is 5.78 Å². The number of carbonyl (C=O) groups is 1. The summed E-state index contributed by atoms with van der Waals surface area (Å²) < 4.78 is 0. The van der Waals surface area contributed by atoms with E-state index in [0.717, 1.165) is 12.3 Å². The minimum absolute atomic E-state index is 0.371. The number of hydrogen-bond donors (Lipinski definition) is 0. The fourth-order valence-electron chi connectivity index (χ4n) is 2.71. The van der Waals surface area contributed by atoms with Crippen molar-refractivity contribution in [3.8, 4) is 0 Å². The molecule has 0 aromatic carbocycles. The van der Waals surface area contributed by atoms with Crippen molar-refractivity contribution >= 4 is 5.78 Å². The molecule has 1 saturated carbocycles. The quantitative estimate of drug-likeness (QED) is 0.582. The van der Waals surface area contributed by atoms with Gasteiger partial charge in [-0.05, 0) is 37.2 Å². The molecule has 0 unspecified atom stereocenters. The standard InChI is InChI=1S/C11H16O/c1-2-8-4-3-5-9-6-10(12)7-11(8)9/h6,8,11H,2-5,7H2,1H3/t8-,11+/m0/s1. The highest BCUT2D eigenvalue weighted by Crippen LogP contribution is 2.41. The second-order valence-corrected chi connectivity index (χ2v) is 4.06. The van der Waals surface area contributed by atoms with Crippen molar-refractivity contribution in [1.82, 2.24) is 0 Å². The second-order valence-electron chi connectivity index (χ2n) is 4.06. The first kappa shape index (κ1) is 8.03. The van der Waals surface area contributed by atoms with Crippen molar-refractivity contribution in [1.29, 1.82) is 0 Å². The first-order valence-corrected chi connectivity index (χ1v) is 5.04. The average molecular weight is 164 g/mol. The molecular formula is C11H16O. The molecule has 2 aliphatic carbocycles. The van der Waals surface area contributed by atoms with Crippen LogP contribution in [0.3, 0.4) is 0 Å². The highest BCUT2D eigenvalue weighted by Gasteiger charge is 2.33. The van der Waals surface area contributed by atoms with Gasteiger partial charge in [0.1, 0.15) is 0 Å². The third kappa shape index (κ3) is 1.21. The van der Waals surface area contributed by atoms with Gasteiger partial charge in [-0.25, -0.2) is 0 Å². The number of fused-ring (bicyclic) bond motifs is 1. The fourth-order valence-corrected chi connectivity index (χ4v) is 2.71. The molecule has 66 valence electrons. The lowest BCUT2D eigenvalue weighted by Gasteiger charge is -2.29. The molecule has 2 aliphatic rings. The van der Waals surface area contributed by atoms with Gasteiger partial charge in [0.15, 0.2) is 5.78 Å². The molecule has 0 bridgehead atoms. The molecule has 1 fully saturated rings. The Morgan fingerprint density at radius 2 is 2.42 bits per heavy atom. The Labute approximate surface area is 73.8 Å². The smallest absolute Gasteiger partial charge is 0.156 e. The first-order valence-electron chi connectivity index (χ1n) is 5.04. The Hall–Kier alpha value is -0.590. The van der Waals surface area contributed by atoms with Gasteiger partial charge in [0.2, 0.25) is 0 Å². The lowest BCUT2D eigenvalue weighted by Crippen LogP contribution is -2.19. The third-order valence-corrected chi connectivity index (χ3v) is 3.38. The summed E-state index contributed by atoms with van der Waals surface area (Å²) in [6.07, 6.45) is 7.79. The maximum absolute atomic E-state index is 11.2. The molecule has 0 aromatic heterocycles. The zero-order valence-corrected chi connectivity index (χ0v) is 7.68. The van der Waals surface area contributed by atoms with Crippen molar-refractivity contribution in [2.75, 3.05) is 0 Å². The Morgan fingerprint density at radius 1 is 1.58 bits per heavy atom. The fraction of sp³-hybridized carbons (Fsp3) is 0.727. The van der Waals surface area contributed by atoms with E-state index in [1.54, 1.807) is 0 Å². The van der Waals surface area contributed by atoms with E-state index in [9.17, 15) is 4.79 Å². The summed E-state index contributed by atoms with van der Waals surface area (Å²) in [6, 6.07) is 0. The molecule has 1 heteroatoms. The molecule has 0 saturated heterocycles. The summed E-state index contributed by atoms with van der Waals surface area (Å²) in [4.78, 5) is 11.2. The lowest BCUT2D eigenvalue weighted by atomic mass is 9.76. The number of rotatable bonds is 1. The topological polar surface area (TPSA) is 17.1 Å². The van der Waals surface area contributed by atoms with Crippen LogP contribution in [0.15, 0.2) is 11.6 Å². The molecule has 0 N–H and O–H groups in total. The molecule has 2 atom stereocenters. The van der Waals surface area contributed by atoms with Crippen LogP contribution in [0.4, 0.5) is 0 Å². The monoisotopic (exact) mass is 164 g/mol. The van der Waals surface area contributed by atoms with Crippen LogP contribution in [0.5, 0.6) is 0 Å². The van der Waals surface area contributed by atoms with Gasteiger partial charge in [-0.3, -0.25) is 4.79 Å². The van der Waals surface area contributed by atoms with Gasteiger partial charge in [-0.15, -0.1) is 0 Å². The summed E-state index contributed by atoms with van der Waals surface area (Å²) in [7, 11) is 0. The molecule has 2 rings (SSSR count). The molecule has 0 heterocycles. The van der Waals surface area contributed by atoms with Crippen LogP contribution in [0.25, 0.3) is 0 Å². The van der Waals surface area contributed by atoms with Crippen LogP contribution in [0.1, 0.15) is 39.0 Å². The Morgan fingerprint density at radius 3 is 3.17 bits per heavy atom. The maximum Gasteiger partial charge on any atom is 0.156 e. The predicted octanol–water partition coefficient (Wildman–Crippen LogP) is 2.71. The predicted molar refractivity (Wildman–Crippen MR) is 48.8 cm³/mol. The van der Waals surface area contributed by atoms with Gasteiger partial charge in [-0.1, -0.05) is 18.9 Å². The molecule has 12 heavy (non-hydrogen) atoms. The lowest BCUT2D eigenvalue weighted by molar-refractivity contribution is -0.114. The minimum Gasteiger partial charge on any atom is -0.295 e. The van der Waals surface area contributed by atoms with Gasteiger partial charge in [0, 0.05) is 6.42 Å². The van der Waals surface area contributed by atoms with Crippen molar-refractivity contribution in [3.63, 3.8) is 0 Å². The zero-order chi connectivity index (χ0) is 8.55. The molecule has 0 spiro atoms. The first-order chi connectivity index (χ1) is 5.81. The van der Waals surface area contributed by atoms with E-state index >= 15 is 0 Å².